The van der Waals surface area contributed by atoms with Gasteiger partial charge in [-0.15, -0.1) is 0 Å². The first-order valence-electron chi connectivity index (χ1n) is 6.68. The second kappa shape index (κ2) is 6.16. The summed E-state index contributed by atoms with van der Waals surface area (Å²) in [4.78, 5) is 1.81. The number of hydrogen-bond acceptors (Lipinski definition) is 2. The van der Waals surface area contributed by atoms with Gasteiger partial charge in [0, 0.05) is 16.2 Å². The first-order chi connectivity index (χ1) is 9.84. The van der Waals surface area contributed by atoms with Gasteiger partial charge in [0.15, 0.2) is 0 Å². The molecule has 2 nitrogen and oxygen atoms in total. The van der Waals surface area contributed by atoms with Gasteiger partial charge in [0.05, 0.1) is 17.4 Å². The van der Waals surface area contributed by atoms with Crippen LogP contribution in [-0.4, -0.2) is 10.8 Å². The topological polar surface area (TPSA) is 26.3 Å². The molecule has 1 heterocycles. The van der Waals surface area contributed by atoms with Crippen LogP contribution in [0, 0.1) is 0 Å². The zero-order valence-electron chi connectivity index (χ0n) is 11.1. The van der Waals surface area contributed by atoms with E-state index in [-0.39, 0.29) is 6.10 Å². The maximum Gasteiger partial charge on any atom is 0.102 e. The third-order valence-corrected chi connectivity index (χ3v) is 4.82. The Labute approximate surface area is 121 Å². The van der Waals surface area contributed by atoms with Crippen molar-refractivity contribution in [1.29, 1.82) is 0 Å². The summed E-state index contributed by atoms with van der Waals surface area (Å²) >= 11 is 0. The molecule has 0 saturated heterocycles. The van der Waals surface area contributed by atoms with E-state index in [0.717, 1.165) is 21.8 Å². The van der Waals surface area contributed by atoms with E-state index in [0.29, 0.717) is 6.61 Å². The lowest BCUT2D eigenvalue weighted by molar-refractivity contribution is 0.0789. The average Bonchev–Trinajstić information content (AvgIpc) is 2.56. The minimum absolute atomic E-state index is 0.0902. The predicted octanol–water partition coefficient (Wildman–Crippen LogP) is 3.84. The molecule has 0 aromatic heterocycles. The van der Waals surface area contributed by atoms with Crippen molar-refractivity contribution >= 4 is 10.8 Å². The van der Waals surface area contributed by atoms with Gasteiger partial charge in [-0.2, -0.15) is 0 Å². The summed E-state index contributed by atoms with van der Waals surface area (Å²) < 4.78 is 18.3. The number of hydrogen-bond donors (Lipinski definition) is 0. The molecule has 0 aliphatic carbocycles. The number of ether oxygens (including phenoxy) is 1. The van der Waals surface area contributed by atoms with Gasteiger partial charge in [-0.3, -0.25) is 0 Å². The highest BCUT2D eigenvalue weighted by molar-refractivity contribution is 7.89. The van der Waals surface area contributed by atoms with Gasteiger partial charge in [-0.05, 0) is 23.8 Å². The maximum atomic E-state index is 12.6. The molecule has 0 amide bonds. The summed E-state index contributed by atoms with van der Waals surface area (Å²) in [6.07, 6.45) is 2.64. The molecule has 2 aromatic carbocycles. The Bertz CT molecular complexity index is 620. The van der Waals surface area contributed by atoms with Crippen molar-refractivity contribution in [3.63, 3.8) is 0 Å². The molecule has 1 aliphatic heterocycles. The van der Waals surface area contributed by atoms with E-state index in [4.69, 9.17) is 4.74 Å². The first kappa shape index (κ1) is 13.3. The van der Waals surface area contributed by atoms with Crippen LogP contribution in [0.1, 0.15) is 18.1 Å². The summed E-state index contributed by atoms with van der Waals surface area (Å²) in [6, 6.07) is 19.6. The third-order valence-electron chi connectivity index (χ3n) is 3.31. The van der Waals surface area contributed by atoms with Gasteiger partial charge in [-0.1, -0.05) is 48.5 Å². The van der Waals surface area contributed by atoms with Crippen LogP contribution >= 0.6 is 0 Å². The Hall–Kier alpha value is -1.71. The normalized spacial score (nSPS) is 20.2. The lowest BCUT2D eigenvalue weighted by Gasteiger charge is -2.22. The highest BCUT2D eigenvalue weighted by Crippen LogP contribution is 2.29. The average molecular weight is 284 g/mol. The van der Waals surface area contributed by atoms with Crippen molar-refractivity contribution in [1.82, 2.24) is 0 Å². The second-order valence-electron chi connectivity index (χ2n) is 4.67. The Morgan fingerprint density at radius 3 is 2.30 bits per heavy atom. The standard InChI is InChI=1S/C17H16O2S/c18-20(15-9-5-2-6-10-15)16-11-12-19-17(13-16)14-7-3-1-4-8-14/h1-10,13,17H,11-12H2. The minimum atomic E-state index is -1.08. The molecule has 0 N–H and O–H groups in total. The highest BCUT2D eigenvalue weighted by atomic mass is 32.2. The van der Waals surface area contributed by atoms with Crippen LogP contribution in [0.5, 0.6) is 0 Å². The van der Waals surface area contributed by atoms with Crippen molar-refractivity contribution in [3.8, 4) is 0 Å². The van der Waals surface area contributed by atoms with Gasteiger partial charge < -0.3 is 4.74 Å². The highest BCUT2D eigenvalue weighted by Gasteiger charge is 2.19. The van der Waals surface area contributed by atoms with Crippen molar-refractivity contribution in [2.75, 3.05) is 6.61 Å². The van der Waals surface area contributed by atoms with E-state index in [1.807, 2.05) is 66.7 Å². The quantitative estimate of drug-likeness (QED) is 0.856. The molecule has 2 aromatic rings. The Balaban J connectivity index is 1.87. The zero-order valence-corrected chi connectivity index (χ0v) is 11.9. The summed E-state index contributed by atoms with van der Waals surface area (Å²) in [5, 5.41) is 0. The molecule has 0 spiro atoms. The third kappa shape index (κ3) is 2.89. The van der Waals surface area contributed by atoms with Crippen LogP contribution in [0.15, 0.2) is 76.5 Å². The van der Waals surface area contributed by atoms with Crippen LogP contribution in [0.3, 0.4) is 0 Å². The molecule has 2 unspecified atom stereocenters. The Morgan fingerprint density at radius 2 is 1.60 bits per heavy atom. The van der Waals surface area contributed by atoms with Gasteiger partial charge in [0.1, 0.15) is 6.10 Å². The van der Waals surface area contributed by atoms with Crippen LogP contribution in [-0.2, 0) is 15.5 Å². The lowest BCUT2D eigenvalue weighted by atomic mass is 10.1. The molecule has 20 heavy (non-hydrogen) atoms. The van der Waals surface area contributed by atoms with Gasteiger partial charge in [-0.25, -0.2) is 4.21 Å². The predicted molar refractivity (Wildman–Crippen MR) is 80.7 cm³/mol. The fourth-order valence-corrected chi connectivity index (χ4v) is 3.49. The largest absolute Gasteiger partial charge is 0.369 e. The molecule has 3 rings (SSSR count). The van der Waals surface area contributed by atoms with Crippen LogP contribution in [0.2, 0.25) is 0 Å². The number of rotatable bonds is 3. The molecule has 102 valence electrons. The molecule has 0 fully saturated rings. The van der Waals surface area contributed by atoms with E-state index >= 15 is 0 Å². The SMILES string of the molecule is O=S(C1=CC(c2ccccc2)OCC1)c1ccccc1. The Kier molecular flexibility index (Phi) is 4.09. The molecule has 1 aliphatic rings. The van der Waals surface area contributed by atoms with Gasteiger partial charge in [0.2, 0.25) is 0 Å². The van der Waals surface area contributed by atoms with Crippen LogP contribution < -0.4 is 0 Å². The zero-order chi connectivity index (χ0) is 13.8. The summed E-state index contributed by atoms with van der Waals surface area (Å²) in [7, 11) is -1.08. The van der Waals surface area contributed by atoms with Gasteiger partial charge >= 0.3 is 0 Å². The molecule has 0 bridgehead atoms. The van der Waals surface area contributed by atoms with E-state index < -0.39 is 10.8 Å². The van der Waals surface area contributed by atoms with E-state index in [2.05, 4.69) is 0 Å². The summed E-state index contributed by atoms with van der Waals surface area (Å²) in [5.74, 6) is 0. The fourth-order valence-electron chi connectivity index (χ4n) is 2.27. The molecular formula is C17H16O2S. The molecule has 3 heteroatoms. The van der Waals surface area contributed by atoms with Crippen LogP contribution in [0.25, 0.3) is 0 Å². The monoisotopic (exact) mass is 284 g/mol. The van der Waals surface area contributed by atoms with Crippen molar-refractivity contribution in [3.05, 3.63) is 77.2 Å². The smallest absolute Gasteiger partial charge is 0.102 e. The molecule has 0 saturated carbocycles. The van der Waals surface area contributed by atoms with E-state index in [1.54, 1.807) is 0 Å². The number of benzene rings is 2. The summed E-state index contributed by atoms with van der Waals surface area (Å²) in [6.45, 7) is 0.615. The maximum absolute atomic E-state index is 12.6. The lowest BCUT2D eigenvalue weighted by Crippen LogP contribution is -2.13. The molecular weight excluding hydrogens is 268 g/mol. The molecule has 2 atom stereocenters. The van der Waals surface area contributed by atoms with Gasteiger partial charge in [0.25, 0.3) is 0 Å². The minimum Gasteiger partial charge on any atom is -0.369 e. The van der Waals surface area contributed by atoms with Crippen molar-refractivity contribution < 1.29 is 8.95 Å². The Morgan fingerprint density at radius 1 is 0.950 bits per heavy atom. The van der Waals surface area contributed by atoms with Crippen molar-refractivity contribution in [2.45, 2.75) is 17.4 Å². The van der Waals surface area contributed by atoms with Crippen LogP contribution in [0.4, 0.5) is 0 Å². The molecule has 0 radical (unpaired) electrons. The fraction of sp³-hybridized carbons (Fsp3) is 0.176. The summed E-state index contributed by atoms with van der Waals surface area (Å²) in [5.41, 5.74) is 1.11. The van der Waals surface area contributed by atoms with E-state index in [1.165, 1.54) is 0 Å². The second-order valence-corrected chi connectivity index (χ2v) is 6.20. The first-order valence-corrected chi connectivity index (χ1v) is 7.83. The van der Waals surface area contributed by atoms with E-state index in [9.17, 15) is 4.21 Å². The van der Waals surface area contributed by atoms with Crippen molar-refractivity contribution in [2.24, 2.45) is 0 Å².